The molecule has 4 heteroatoms. The van der Waals surface area contributed by atoms with Gasteiger partial charge in [0, 0.05) is 0 Å². The van der Waals surface area contributed by atoms with Crippen LogP contribution in [-0.2, 0) is 0 Å². The van der Waals surface area contributed by atoms with Crippen LogP contribution in [0, 0.1) is 5.92 Å². The van der Waals surface area contributed by atoms with Crippen LogP contribution >= 0.6 is 15.9 Å². The van der Waals surface area contributed by atoms with E-state index in [1.54, 1.807) is 0 Å². The van der Waals surface area contributed by atoms with Gasteiger partial charge < -0.3 is 14.6 Å². The SMILES string of the molecule is OC(CCC1CC1)c1cc(Br)c2c(c1)OCO2. The van der Waals surface area contributed by atoms with Crippen LogP contribution in [0.1, 0.15) is 37.4 Å². The summed E-state index contributed by atoms with van der Waals surface area (Å²) in [7, 11) is 0. The number of rotatable bonds is 4. The summed E-state index contributed by atoms with van der Waals surface area (Å²) in [5.74, 6) is 2.31. The second kappa shape index (κ2) is 4.50. The molecule has 1 aromatic rings. The van der Waals surface area contributed by atoms with E-state index >= 15 is 0 Å². The Hall–Kier alpha value is -0.740. The highest BCUT2D eigenvalue weighted by molar-refractivity contribution is 9.10. The van der Waals surface area contributed by atoms with Gasteiger partial charge in [0.15, 0.2) is 11.5 Å². The normalized spacial score (nSPS) is 19.4. The van der Waals surface area contributed by atoms with Gasteiger partial charge in [-0.1, -0.05) is 12.8 Å². The Kier molecular flexibility index (Phi) is 3.01. The predicted molar refractivity (Wildman–Crippen MR) is 67.2 cm³/mol. The van der Waals surface area contributed by atoms with Crippen molar-refractivity contribution in [2.24, 2.45) is 5.92 Å². The molecule has 3 rings (SSSR count). The van der Waals surface area contributed by atoms with Crippen molar-refractivity contribution in [1.82, 2.24) is 0 Å². The maximum absolute atomic E-state index is 10.1. The van der Waals surface area contributed by atoms with Gasteiger partial charge in [0.05, 0.1) is 10.6 Å². The van der Waals surface area contributed by atoms with Crippen LogP contribution < -0.4 is 9.47 Å². The molecule has 1 saturated carbocycles. The van der Waals surface area contributed by atoms with Gasteiger partial charge in [-0.25, -0.2) is 0 Å². The average molecular weight is 299 g/mol. The number of aliphatic hydroxyl groups is 1. The Morgan fingerprint density at radius 2 is 2.18 bits per heavy atom. The van der Waals surface area contributed by atoms with E-state index in [1.807, 2.05) is 12.1 Å². The summed E-state index contributed by atoms with van der Waals surface area (Å²) in [5.41, 5.74) is 0.904. The molecule has 0 saturated heterocycles. The highest BCUT2D eigenvalue weighted by Crippen LogP contribution is 2.42. The molecule has 1 unspecified atom stereocenters. The Labute approximate surface area is 109 Å². The third-order valence-corrected chi connectivity index (χ3v) is 3.97. The lowest BCUT2D eigenvalue weighted by Crippen LogP contribution is -1.98. The first-order chi connectivity index (χ1) is 8.24. The Bertz CT molecular complexity index is 429. The first-order valence-corrected chi connectivity index (χ1v) is 6.80. The first kappa shape index (κ1) is 11.4. The molecule has 1 fully saturated rings. The van der Waals surface area contributed by atoms with E-state index in [4.69, 9.17) is 9.47 Å². The minimum Gasteiger partial charge on any atom is -0.454 e. The Morgan fingerprint density at radius 3 is 2.94 bits per heavy atom. The summed E-state index contributed by atoms with van der Waals surface area (Å²) >= 11 is 3.44. The maximum Gasteiger partial charge on any atom is 0.231 e. The van der Waals surface area contributed by atoms with Crippen molar-refractivity contribution in [1.29, 1.82) is 0 Å². The monoisotopic (exact) mass is 298 g/mol. The van der Waals surface area contributed by atoms with Crippen LogP contribution in [0.4, 0.5) is 0 Å². The van der Waals surface area contributed by atoms with Crippen molar-refractivity contribution in [3.8, 4) is 11.5 Å². The van der Waals surface area contributed by atoms with Gasteiger partial charge in [-0.3, -0.25) is 0 Å². The van der Waals surface area contributed by atoms with Crippen LogP contribution in [0.25, 0.3) is 0 Å². The van der Waals surface area contributed by atoms with Crippen LogP contribution in [0.15, 0.2) is 16.6 Å². The van der Waals surface area contributed by atoms with E-state index in [-0.39, 0.29) is 6.79 Å². The second-order valence-electron chi connectivity index (χ2n) is 4.77. The van der Waals surface area contributed by atoms with Crippen LogP contribution in [0.3, 0.4) is 0 Å². The van der Waals surface area contributed by atoms with Gasteiger partial charge in [0.1, 0.15) is 0 Å². The molecule has 0 spiro atoms. The molecular formula is C13H15BrO3. The molecule has 1 atom stereocenters. The smallest absolute Gasteiger partial charge is 0.231 e. The molecule has 0 aromatic heterocycles. The molecule has 0 amide bonds. The van der Waals surface area contributed by atoms with E-state index < -0.39 is 6.10 Å². The summed E-state index contributed by atoms with van der Waals surface area (Å²) < 4.78 is 11.5. The van der Waals surface area contributed by atoms with Gasteiger partial charge in [0.2, 0.25) is 6.79 Å². The number of hydrogen-bond donors (Lipinski definition) is 1. The minimum absolute atomic E-state index is 0.259. The van der Waals surface area contributed by atoms with Crippen LogP contribution in [0.5, 0.6) is 11.5 Å². The molecule has 0 bridgehead atoms. The standard InChI is InChI=1S/C13H15BrO3/c14-10-5-9(6-12-13(10)17-7-16-12)11(15)4-3-8-1-2-8/h5-6,8,11,15H,1-4,7H2. The Balaban J connectivity index is 1.75. The van der Waals surface area contributed by atoms with Crippen molar-refractivity contribution < 1.29 is 14.6 Å². The molecular weight excluding hydrogens is 284 g/mol. The van der Waals surface area contributed by atoms with E-state index in [2.05, 4.69) is 15.9 Å². The fourth-order valence-corrected chi connectivity index (χ4v) is 2.72. The average Bonchev–Trinajstić information content (AvgIpc) is 3.02. The lowest BCUT2D eigenvalue weighted by molar-refractivity contribution is 0.161. The zero-order valence-electron chi connectivity index (χ0n) is 9.49. The lowest BCUT2D eigenvalue weighted by atomic mass is 10.0. The van der Waals surface area contributed by atoms with Crippen LogP contribution in [0.2, 0.25) is 0 Å². The maximum atomic E-state index is 10.1. The number of benzene rings is 1. The summed E-state index contributed by atoms with van der Waals surface area (Å²) in [5, 5.41) is 10.1. The fourth-order valence-electron chi connectivity index (χ4n) is 2.15. The third-order valence-electron chi connectivity index (χ3n) is 3.38. The number of hydrogen-bond acceptors (Lipinski definition) is 3. The van der Waals surface area contributed by atoms with E-state index in [9.17, 15) is 5.11 Å². The number of ether oxygens (including phenoxy) is 2. The molecule has 3 nitrogen and oxygen atoms in total. The molecule has 92 valence electrons. The van der Waals surface area contributed by atoms with E-state index in [0.29, 0.717) is 0 Å². The number of fused-ring (bicyclic) bond motifs is 1. The molecule has 1 N–H and O–H groups in total. The van der Waals surface area contributed by atoms with Crippen molar-refractivity contribution in [2.75, 3.05) is 6.79 Å². The summed E-state index contributed by atoms with van der Waals surface area (Å²) in [6.07, 6.45) is 4.21. The van der Waals surface area contributed by atoms with Crippen molar-refractivity contribution >= 4 is 15.9 Å². The second-order valence-corrected chi connectivity index (χ2v) is 5.63. The summed E-state index contributed by atoms with van der Waals surface area (Å²) in [6, 6.07) is 3.80. The zero-order valence-corrected chi connectivity index (χ0v) is 11.1. The minimum atomic E-state index is -0.401. The molecule has 0 radical (unpaired) electrons. The van der Waals surface area contributed by atoms with Gasteiger partial charge >= 0.3 is 0 Å². The fraction of sp³-hybridized carbons (Fsp3) is 0.538. The highest BCUT2D eigenvalue weighted by Gasteiger charge is 2.24. The van der Waals surface area contributed by atoms with Crippen molar-refractivity contribution in [3.63, 3.8) is 0 Å². The van der Waals surface area contributed by atoms with Crippen molar-refractivity contribution in [2.45, 2.75) is 31.8 Å². The summed E-state index contributed by atoms with van der Waals surface area (Å²) in [6.45, 7) is 0.259. The Morgan fingerprint density at radius 1 is 1.35 bits per heavy atom. The largest absolute Gasteiger partial charge is 0.454 e. The predicted octanol–water partition coefficient (Wildman–Crippen LogP) is 3.40. The topological polar surface area (TPSA) is 38.7 Å². The molecule has 17 heavy (non-hydrogen) atoms. The zero-order chi connectivity index (χ0) is 11.8. The third kappa shape index (κ3) is 2.43. The molecule has 1 heterocycles. The van der Waals surface area contributed by atoms with Gasteiger partial charge in [-0.15, -0.1) is 0 Å². The number of halogens is 1. The van der Waals surface area contributed by atoms with E-state index in [1.165, 1.54) is 12.8 Å². The van der Waals surface area contributed by atoms with Gasteiger partial charge in [-0.05, 0) is 52.4 Å². The van der Waals surface area contributed by atoms with E-state index in [0.717, 1.165) is 40.3 Å². The molecule has 1 aromatic carbocycles. The molecule has 1 aliphatic heterocycles. The molecule has 1 aliphatic carbocycles. The van der Waals surface area contributed by atoms with Gasteiger partial charge in [-0.2, -0.15) is 0 Å². The molecule has 2 aliphatic rings. The quantitative estimate of drug-likeness (QED) is 0.926. The van der Waals surface area contributed by atoms with Crippen molar-refractivity contribution in [3.05, 3.63) is 22.2 Å². The summed E-state index contributed by atoms with van der Waals surface area (Å²) in [4.78, 5) is 0. The van der Waals surface area contributed by atoms with Crippen LogP contribution in [-0.4, -0.2) is 11.9 Å². The first-order valence-electron chi connectivity index (χ1n) is 6.01. The number of aliphatic hydroxyl groups excluding tert-OH is 1. The lowest BCUT2D eigenvalue weighted by Gasteiger charge is -2.12. The highest BCUT2D eigenvalue weighted by atomic mass is 79.9. The van der Waals surface area contributed by atoms with Gasteiger partial charge in [0.25, 0.3) is 0 Å².